The minimum Gasteiger partial charge on any atom is -0.390 e. The first-order chi connectivity index (χ1) is 9.32. The molecule has 0 aliphatic carbocycles. The number of carbonyl (C=O) groups is 1. The minimum atomic E-state index is -2.93. The van der Waals surface area contributed by atoms with Crippen LogP contribution in [0.3, 0.4) is 0 Å². The van der Waals surface area contributed by atoms with E-state index in [4.69, 9.17) is 0 Å². The normalized spacial score (nSPS) is 14.3. The van der Waals surface area contributed by atoms with Crippen molar-refractivity contribution in [3.63, 3.8) is 0 Å². The Labute approximate surface area is 118 Å². The number of benzene rings is 1. The van der Waals surface area contributed by atoms with Crippen LogP contribution in [0.4, 0.5) is 13.2 Å². The molecule has 2 N–H and O–H groups in total. The Morgan fingerprint density at radius 1 is 1.35 bits per heavy atom. The summed E-state index contributed by atoms with van der Waals surface area (Å²) < 4.78 is 38.1. The predicted molar refractivity (Wildman–Crippen MR) is 70.1 cm³/mol. The summed E-state index contributed by atoms with van der Waals surface area (Å²) in [5.74, 6) is -0.813. The van der Waals surface area contributed by atoms with Crippen LogP contribution < -0.4 is 0 Å². The van der Waals surface area contributed by atoms with Crippen molar-refractivity contribution in [1.29, 1.82) is 0 Å². The van der Waals surface area contributed by atoms with Crippen molar-refractivity contribution in [3.05, 3.63) is 35.1 Å². The first-order valence-corrected chi connectivity index (χ1v) is 6.88. The van der Waals surface area contributed by atoms with Gasteiger partial charge >= 0.3 is 0 Å². The second-order valence-corrected chi connectivity index (χ2v) is 5.49. The van der Waals surface area contributed by atoms with Crippen molar-refractivity contribution < 1.29 is 28.2 Å². The summed E-state index contributed by atoms with van der Waals surface area (Å²) >= 11 is 0.998. The van der Waals surface area contributed by atoms with E-state index >= 15 is 0 Å². The molecule has 0 spiro atoms. The Morgan fingerprint density at radius 2 is 2.00 bits per heavy atom. The first-order valence-electron chi connectivity index (χ1n) is 5.90. The lowest BCUT2D eigenvalue weighted by Crippen LogP contribution is -2.19. The van der Waals surface area contributed by atoms with Crippen LogP contribution in [0.1, 0.15) is 37.0 Å². The number of alkyl halides is 2. The summed E-state index contributed by atoms with van der Waals surface area (Å²) in [6.45, 7) is 1.38. The summed E-state index contributed by atoms with van der Waals surface area (Å²) in [6, 6.07) is 2.82. The number of hydrogen-bond acceptors (Lipinski definition) is 4. The SMILES string of the molecule is CC(=O)SCCC(O)C(O)c1ccc(C(F)F)c(F)c1. The lowest BCUT2D eigenvalue weighted by Gasteiger charge is -2.18. The summed E-state index contributed by atoms with van der Waals surface area (Å²) in [6.07, 6.45) is -5.38. The molecule has 0 aliphatic rings. The third kappa shape index (κ3) is 4.81. The number of hydrogen-bond donors (Lipinski definition) is 2. The Hall–Kier alpha value is -1.05. The van der Waals surface area contributed by atoms with Crippen molar-refractivity contribution in [2.45, 2.75) is 32.0 Å². The highest BCUT2D eigenvalue weighted by atomic mass is 32.2. The monoisotopic (exact) mass is 308 g/mol. The van der Waals surface area contributed by atoms with Crippen LogP contribution in [-0.2, 0) is 4.79 Å². The molecule has 0 fully saturated rings. The molecule has 7 heteroatoms. The number of thioether (sulfide) groups is 1. The van der Waals surface area contributed by atoms with Gasteiger partial charge in [0.2, 0.25) is 0 Å². The van der Waals surface area contributed by atoms with Gasteiger partial charge < -0.3 is 10.2 Å². The van der Waals surface area contributed by atoms with Crippen molar-refractivity contribution in [2.75, 3.05) is 5.75 Å². The molecule has 2 atom stereocenters. The van der Waals surface area contributed by atoms with E-state index in [1.807, 2.05) is 0 Å². The largest absolute Gasteiger partial charge is 0.390 e. The van der Waals surface area contributed by atoms with Gasteiger partial charge in [0.1, 0.15) is 11.9 Å². The first kappa shape index (κ1) is 17.0. The van der Waals surface area contributed by atoms with Crippen molar-refractivity contribution in [2.24, 2.45) is 0 Å². The van der Waals surface area contributed by atoms with E-state index in [0.717, 1.165) is 30.0 Å². The lowest BCUT2D eigenvalue weighted by molar-refractivity contribution is -0.109. The van der Waals surface area contributed by atoms with Gasteiger partial charge in [-0.05, 0) is 18.1 Å². The highest BCUT2D eigenvalue weighted by Crippen LogP contribution is 2.27. The third-order valence-electron chi connectivity index (χ3n) is 2.68. The molecule has 1 aromatic rings. The molecular formula is C13H15F3O3S. The lowest BCUT2D eigenvalue weighted by atomic mass is 10.0. The fourth-order valence-corrected chi connectivity index (χ4v) is 2.25. The Morgan fingerprint density at radius 3 is 2.50 bits per heavy atom. The number of halogens is 3. The highest BCUT2D eigenvalue weighted by Gasteiger charge is 2.21. The summed E-state index contributed by atoms with van der Waals surface area (Å²) in [5, 5.41) is 19.4. The van der Waals surface area contributed by atoms with Crippen LogP contribution >= 0.6 is 11.8 Å². The molecule has 0 amide bonds. The Bertz CT molecular complexity index is 468. The molecular weight excluding hydrogens is 293 g/mol. The minimum absolute atomic E-state index is 0.0206. The Kier molecular flexibility index (Phi) is 6.51. The molecule has 3 nitrogen and oxygen atoms in total. The fourth-order valence-electron chi connectivity index (χ4n) is 1.61. The van der Waals surface area contributed by atoms with E-state index in [9.17, 15) is 28.2 Å². The molecule has 0 heterocycles. The number of rotatable bonds is 6. The molecule has 0 aromatic heterocycles. The second-order valence-electron chi connectivity index (χ2n) is 4.22. The fraction of sp³-hybridized carbons (Fsp3) is 0.462. The van der Waals surface area contributed by atoms with Gasteiger partial charge in [0.25, 0.3) is 6.43 Å². The Balaban J connectivity index is 2.69. The molecule has 0 saturated carbocycles. The zero-order valence-corrected chi connectivity index (χ0v) is 11.5. The van der Waals surface area contributed by atoms with E-state index < -0.39 is 30.0 Å². The summed E-state index contributed by atoms with van der Waals surface area (Å²) in [7, 11) is 0. The zero-order chi connectivity index (χ0) is 15.3. The van der Waals surface area contributed by atoms with E-state index in [1.54, 1.807) is 0 Å². The average Bonchev–Trinajstić information content (AvgIpc) is 2.36. The van der Waals surface area contributed by atoms with E-state index in [-0.39, 0.29) is 17.1 Å². The van der Waals surface area contributed by atoms with Crippen molar-refractivity contribution in [3.8, 4) is 0 Å². The summed E-state index contributed by atoms with van der Waals surface area (Å²) in [4.78, 5) is 10.7. The van der Waals surface area contributed by atoms with Crippen molar-refractivity contribution >= 4 is 16.9 Å². The van der Waals surface area contributed by atoms with Gasteiger partial charge in [0.15, 0.2) is 5.12 Å². The number of aliphatic hydroxyl groups excluding tert-OH is 2. The molecule has 0 bridgehead atoms. The topological polar surface area (TPSA) is 57.5 Å². The maximum Gasteiger partial charge on any atom is 0.266 e. The number of aliphatic hydroxyl groups is 2. The van der Waals surface area contributed by atoms with Gasteiger partial charge in [0, 0.05) is 12.7 Å². The van der Waals surface area contributed by atoms with Gasteiger partial charge in [-0.1, -0.05) is 23.9 Å². The van der Waals surface area contributed by atoms with E-state index in [1.165, 1.54) is 6.92 Å². The van der Waals surface area contributed by atoms with Crippen molar-refractivity contribution in [1.82, 2.24) is 0 Å². The molecule has 112 valence electrons. The third-order valence-corrected chi connectivity index (χ3v) is 3.53. The van der Waals surface area contributed by atoms with Gasteiger partial charge in [-0.3, -0.25) is 4.79 Å². The van der Waals surface area contributed by atoms with Crippen LogP contribution in [0.2, 0.25) is 0 Å². The smallest absolute Gasteiger partial charge is 0.266 e. The number of carbonyl (C=O) groups excluding carboxylic acids is 1. The van der Waals surface area contributed by atoms with Crippen LogP contribution in [-0.4, -0.2) is 27.2 Å². The van der Waals surface area contributed by atoms with E-state index in [2.05, 4.69) is 0 Å². The maximum absolute atomic E-state index is 13.4. The zero-order valence-electron chi connectivity index (χ0n) is 10.7. The predicted octanol–water partition coefficient (Wildman–Crippen LogP) is 2.83. The molecule has 2 unspecified atom stereocenters. The van der Waals surface area contributed by atoms with Gasteiger partial charge in [0.05, 0.1) is 11.7 Å². The standard InChI is InChI=1S/C13H15F3O3S/c1-7(17)20-5-4-11(18)12(19)8-2-3-9(13(15)16)10(14)6-8/h2-3,6,11-13,18-19H,4-5H2,1H3. The molecule has 0 radical (unpaired) electrons. The van der Waals surface area contributed by atoms with Crippen LogP contribution in [0.5, 0.6) is 0 Å². The van der Waals surface area contributed by atoms with Gasteiger partial charge in [-0.2, -0.15) is 0 Å². The summed E-state index contributed by atoms with van der Waals surface area (Å²) in [5.41, 5.74) is -0.727. The molecule has 1 rings (SSSR count). The van der Waals surface area contributed by atoms with Crippen LogP contribution in [0, 0.1) is 5.82 Å². The van der Waals surface area contributed by atoms with Gasteiger partial charge in [-0.15, -0.1) is 0 Å². The van der Waals surface area contributed by atoms with Crippen LogP contribution in [0.15, 0.2) is 18.2 Å². The highest BCUT2D eigenvalue weighted by molar-refractivity contribution is 8.13. The molecule has 20 heavy (non-hydrogen) atoms. The maximum atomic E-state index is 13.4. The molecule has 0 saturated heterocycles. The molecule has 1 aromatic carbocycles. The quantitative estimate of drug-likeness (QED) is 0.848. The average molecular weight is 308 g/mol. The van der Waals surface area contributed by atoms with Gasteiger partial charge in [-0.25, -0.2) is 13.2 Å². The van der Waals surface area contributed by atoms with E-state index in [0.29, 0.717) is 5.75 Å². The molecule has 0 aliphatic heterocycles. The van der Waals surface area contributed by atoms with Crippen LogP contribution in [0.25, 0.3) is 0 Å². The second kappa shape index (κ2) is 7.66.